The predicted molar refractivity (Wildman–Crippen MR) is 135 cm³/mol. The van der Waals surface area contributed by atoms with E-state index >= 15 is 0 Å². The Labute approximate surface area is 202 Å². The molecule has 1 aliphatic rings. The summed E-state index contributed by atoms with van der Waals surface area (Å²) in [6, 6.07) is 25.5. The van der Waals surface area contributed by atoms with Crippen LogP contribution in [0.3, 0.4) is 0 Å². The fourth-order valence-electron chi connectivity index (χ4n) is 4.79. The highest BCUT2D eigenvalue weighted by Gasteiger charge is 2.27. The van der Waals surface area contributed by atoms with Crippen LogP contribution in [0.1, 0.15) is 55.7 Å². The van der Waals surface area contributed by atoms with Crippen LogP contribution in [0.2, 0.25) is 0 Å². The molecule has 0 aliphatic heterocycles. The number of carbonyl (C=O) groups excluding carboxylic acids is 1. The van der Waals surface area contributed by atoms with Crippen LogP contribution in [0.25, 0.3) is 11.1 Å². The molecule has 0 aromatic heterocycles. The lowest BCUT2D eigenvalue weighted by molar-refractivity contribution is -0.156. The molecule has 0 spiro atoms. The Morgan fingerprint density at radius 1 is 0.824 bits per heavy atom. The second kappa shape index (κ2) is 11.8. The van der Waals surface area contributed by atoms with Gasteiger partial charge >= 0.3 is 5.97 Å². The largest absolute Gasteiger partial charge is 0.494 e. The Kier molecular flexibility index (Phi) is 8.37. The Morgan fingerprint density at radius 3 is 2.09 bits per heavy atom. The first-order chi connectivity index (χ1) is 16.7. The summed E-state index contributed by atoms with van der Waals surface area (Å²) in [6.45, 7) is 5.21. The number of rotatable bonds is 12. The van der Waals surface area contributed by atoms with Crippen molar-refractivity contribution < 1.29 is 19.0 Å². The standard InChI is InChI=1S/C30H34O4/c1-3-32-29(30(31)33-4-2)21-22-16-18-23(19-17-22)34-20-10-9-15-28-26-13-7-5-11-24(26)25-12-6-8-14-27(25)28/h5-8,11-14,16-19,28-29H,3-4,9-10,15,20-21H2,1-2H3. The van der Waals surface area contributed by atoms with Crippen LogP contribution in [0.15, 0.2) is 72.8 Å². The van der Waals surface area contributed by atoms with E-state index in [0.717, 1.165) is 30.6 Å². The van der Waals surface area contributed by atoms with Gasteiger partial charge in [0.25, 0.3) is 0 Å². The molecule has 3 aromatic carbocycles. The van der Waals surface area contributed by atoms with E-state index in [1.807, 2.05) is 31.2 Å². The van der Waals surface area contributed by atoms with Gasteiger partial charge in [0, 0.05) is 18.9 Å². The highest BCUT2D eigenvalue weighted by atomic mass is 16.6. The number of fused-ring (bicyclic) bond motifs is 3. The van der Waals surface area contributed by atoms with Crippen LogP contribution in [0.5, 0.6) is 5.75 Å². The first-order valence-electron chi connectivity index (χ1n) is 12.4. The minimum Gasteiger partial charge on any atom is -0.494 e. The third-order valence-electron chi connectivity index (χ3n) is 6.38. The van der Waals surface area contributed by atoms with Gasteiger partial charge in [-0.1, -0.05) is 60.7 Å². The van der Waals surface area contributed by atoms with Crippen molar-refractivity contribution in [1.29, 1.82) is 0 Å². The third kappa shape index (κ3) is 5.68. The topological polar surface area (TPSA) is 44.8 Å². The van der Waals surface area contributed by atoms with E-state index in [0.29, 0.717) is 32.2 Å². The van der Waals surface area contributed by atoms with Crippen molar-refractivity contribution in [3.63, 3.8) is 0 Å². The molecule has 4 rings (SSSR count). The summed E-state index contributed by atoms with van der Waals surface area (Å²) < 4.78 is 16.7. The molecule has 4 nitrogen and oxygen atoms in total. The average molecular weight is 459 g/mol. The second-order valence-corrected chi connectivity index (χ2v) is 8.62. The molecule has 1 unspecified atom stereocenters. The lowest BCUT2D eigenvalue weighted by Crippen LogP contribution is -2.28. The van der Waals surface area contributed by atoms with E-state index in [1.165, 1.54) is 22.3 Å². The smallest absolute Gasteiger partial charge is 0.335 e. The van der Waals surface area contributed by atoms with E-state index in [-0.39, 0.29) is 5.97 Å². The fourth-order valence-corrected chi connectivity index (χ4v) is 4.79. The van der Waals surface area contributed by atoms with E-state index < -0.39 is 6.10 Å². The zero-order valence-corrected chi connectivity index (χ0v) is 20.2. The van der Waals surface area contributed by atoms with E-state index in [2.05, 4.69) is 48.5 Å². The number of esters is 1. The van der Waals surface area contributed by atoms with Crippen molar-refractivity contribution in [3.8, 4) is 16.9 Å². The number of unbranched alkanes of at least 4 members (excludes halogenated alkanes) is 1. The maximum absolute atomic E-state index is 12.1. The highest BCUT2D eigenvalue weighted by Crippen LogP contribution is 2.46. The zero-order valence-electron chi connectivity index (χ0n) is 20.2. The molecular formula is C30H34O4. The van der Waals surface area contributed by atoms with Gasteiger partial charge in [-0.25, -0.2) is 4.79 Å². The van der Waals surface area contributed by atoms with Gasteiger partial charge in [-0.05, 0) is 73.1 Å². The van der Waals surface area contributed by atoms with Crippen molar-refractivity contribution in [1.82, 2.24) is 0 Å². The number of carbonyl (C=O) groups is 1. The predicted octanol–water partition coefficient (Wildman–Crippen LogP) is 6.56. The van der Waals surface area contributed by atoms with Crippen LogP contribution < -0.4 is 4.74 Å². The number of hydrogen-bond acceptors (Lipinski definition) is 4. The second-order valence-electron chi connectivity index (χ2n) is 8.62. The van der Waals surface area contributed by atoms with Crippen LogP contribution in [0.4, 0.5) is 0 Å². The molecule has 0 N–H and O–H groups in total. The molecule has 0 fully saturated rings. The molecular weight excluding hydrogens is 424 g/mol. The minimum atomic E-state index is -0.567. The highest BCUT2D eigenvalue weighted by molar-refractivity contribution is 5.78. The molecule has 0 bridgehead atoms. The molecule has 1 atom stereocenters. The number of benzene rings is 3. The first kappa shape index (κ1) is 24.0. The van der Waals surface area contributed by atoms with Gasteiger partial charge in [-0.3, -0.25) is 0 Å². The summed E-state index contributed by atoms with van der Waals surface area (Å²) in [4.78, 5) is 12.1. The SMILES string of the molecule is CCOC(=O)C(Cc1ccc(OCCCCC2c3ccccc3-c3ccccc32)cc1)OCC. The molecule has 34 heavy (non-hydrogen) atoms. The summed E-state index contributed by atoms with van der Waals surface area (Å²) >= 11 is 0. The van der Waals surface area contributed by atoms with Gasteiger partial charge < -0.3 is 14.2 Å². The van der Waals surface area contributed by atoms with Gasteiger partial charge in [-0.2, -0.15) is 0 Å². The molecule has 178 valence electrons. The van der Waals surface area contributed by atoms with Crippen LogP contribution in [-0.2, 0) is 20.7 Å². The van der Waals surface area contributed by atoms with Crippen LogP contribution in [-0.4, -0.2) is 31.9 Å². The minimum absolute atomic E-state index is 0.308. The third-order valence-corrected chi connectivity index (χ3v) is 6.38. The molecule has 0 amide bonds. The lowest BCUT2D eigenvalue weighted by atomic mass is 9.92. The Balaban J connectivity index is 1.24. The van der Waals surface area contributed by atoms with Crippen molar-refractivity contribution in [3.05, 3.63) is 89.5 Å². The fraction of sp³-hybridized carbons (Fsp3) is 0.367. The van der Waals surface area contributed by atoms with Crippen LogP contribution in [0, 0.1) is 0 Å². The summed E-state index contributed by atoms with van der Waals surface area (Å²) in [7, 11) is 0. The average Bonchev–Trinajstić information content (AvgIpc) is 3.18. The van der Waals surface area contributed by atoms with Gasteiger partial charge in [0.2, 0.25) is 0 Å². The summed E-state index contributed by atoms with van der Waals surface area (Å²) in [5, 5.41) is 0. The molecule has 4 heteroatoms. The molecule has 0 heterocycles. The zero-order chi connectivity index (χ0) is 23.8. The Bertz CT molecular complexity index is 1030. The summed E-state index contributed by atoms with van der Waals surface area (Å²) in [5.74, 6) is 1.02. The van der Waals surface area contributed by atoms with Gasteiger partial charge in [-0.15, -0.1) is 0 Å². The Morgan fingerprint density at radius 2 is 1.47 bits per heavy atom. The van der Waals surface area contributed by atoms with E-state index in [1.54, 1.807) is 6.92 Å². The van der Waals surface area contributed by atoms with Gasteiger partial charge in [0.15, 0.2) is 6.10 Å². The summed E-state index contributed by atoms with van der Waals surface area (Å²) in [6.07, 6.45) is 3.18. The monoisotopic (exact) mass is 458 g/mol. The quantitative estimate of drug-likeness (QED) is 0.228. The molecule has 0 radical (unpaired) electrons. The first-order valence-corrected chi connectivity index (χ1v) is 12.4. The van der Waals surface area contributed by atoms with Gasteiger partial charge in [0.1, 0.15) is 5.75 Å². The van der Waals surface area contributed by atoms with E-state index in [4.69, 9.17) is 14.2 Å². The summed E-state index contributed by atoms with van der Waals surface area (Å²) in [5.41, 5.74) is 6.70. The van der Waals surface area contributed by atoms with Crippen molar-refractivity contribution in [2.24, 2.45) is 0 Å². The van der Waals surface area contributed by atoms with E-state index in [9.17, 15) is 4.79 Å². The molecule has 0 saturated heterocycles. The Hall–Kier alpha value is -3.11. The normalized spacial score (nSPS) is 13.2. The number of ether oxygens (including phenoxy) is 3. The van der Waals surface area contributed by atoms with Crippen molar-refractivity contribution in [2.75, 3.05) is 19.8 Å². The molecule has 3 aromatic rings. The van der Waals surface area contributed by atoms with Crippen molar-refractivity contribution in [2.45, 2.75) is 51.6 Å². The maximum Gasteiger partial charge on any atom is 0.335 e. The van der Waals surface area contributed by atoms with Crippen LogP contribution >= 0.6 is 0 Å². The number of hydrogen-bond donors (Lipinski definition) is 0. The molecule has 0 saturated carbocycles. The maximum atomic E-state index is 12.1. The molecule has 1 aliphatic carbocycles. The lowest BCUT2D eigenvalue weighted by Gasteiger charge is -2.16. The van der Waals surface area contributed by atoms with Gasteiger partial charge in [0.05, 0.1) is 13.2 Å². The van der Waals surface area contributed by atoms with Crippen molar-refractivity contribution >= 4 is 5.97 Å².